The third-order valence-electron chi connectivity index (χ3n) is 3.10. The second kappa shape index (κ2) is 5.72. The van der Waals surface area contributed by atoms with Crippen molar-refractivity contribution < 1.29 is 0 Å². The summed E-state index contributed by atoms with van der Waals surface area (Å²) in [6, 6.07) is 6.28. The maximum absolute atomic E-state index is 4.31. The van der Waals surface area contributed by atoms with Crippen LogP contribution in [-0.2, 0) is 0 Å². The zero-order valence-corrected chi connectivity index (χ0v) is 13.7. The number of hydrogen-bond acceptors (Lipinski definition) is 4. The van der Waals surface area contributed by atoms with Gasteiger partial charge < -0.3 is 10.6 Å². The summed E-state index contributed by atoms with van der Waals surface area (Å²) in [6.07, 6.45) is 1.58. The van der Waals surface area contributed by atoms with Crippen LogP contribution in [0.4, 0.5) is 17.3 Å². The van der Waals surface area contributed by atoms with Crippen molar-refractivity contribution in [2.45, 2.75) is 47.1 Å². The molecule has 2 N–H and O–H groups in total. The highest BCUT2D eigenvalue weighted by atomic mass is 15.1. The Bertz CT molecular complexity index is 618. The lowest BCUT2D eigenvalue weighted by molar-refractivity contribution is 0.630. The minimum Gasteiger partial charge on any atom is -0.365 e. The van der Waals surface area contributed by atoms with Crippen molar-refractivity contribution >= 4 is 17.3 Å². The van der Waals surface area contributed by atoms with Crippen molar-refractivity contribution in [2.24, 2.45) is 0 Å². The lowest BCUT2D eigenvalue weighted by atomic mass is 10.1. The van der Waals surface area contributed by atoms with Crippen LogP contribution in [0.5, 0.6) is 0 Å². The SMILES string of the molecule is Cc1cc(C)c(Nc2cc(NC(C)(C)C)ncn2)c(C)c1. The van der Waals surface area contributed by atoms with E-state index in [0.29, 0.717) is 0 Å². The Labute approximate surface area is 127 Å². The van der Waals surface area contributed by atoms with Gasteiger partial charge >= 0.3 is 0 Å². The number of hydrogen-bond donors (Lipinski definition) is 2. The molecule has 2 aromatic rings. The van der Waals surface area contributed by atoms with Gasteiger partial charge in [-0.15, -0.1) is 0 Å². The summed E-state index contributed by atoms with van der Waals surface area (Å²) in [5, 5.41) is 6.76. The molecule has 0 spiro atoms. The van der Waals surface area contributed by atoms with Crippen LogP contribution in [0.25, 0.3) is 0 Å². The van der Waals surface area contributed by atoms with Crippen molar-refractivity contribution in [3.63, 3.8) is 0 Å². The Hall–Kier alpha value is -2.10. The molecule has 0 radical (unpaired) electrons. The molecule has 4 heteroatoms. The number of benzene rings is 1. The summed E-state index contributed by atoms with van der Waals surface area (Å²) in [6.45, 7) is 12.7. The van der Waals surface area contributed by atoms with E-state index in [1.807, 2.05) is 6.07 Å². The van der Waals surface area contributed by atoms with Crippen molar-refractivity contribution in [3.8, 4) is 0 Å². The number of anilines is 3. The molecule has 0 fully saturated rings. The summed E-state index contributed by atoms with van der Waals surface area (Å²) in [5.41, 5.74) is 4.80. The summed E-state index contributed by atoms with van der Waals surface area (Å²) >= 11 is 0. The van der Waals surface area contributed by atoms with Crippen LogP contribution >= 0.6 is 0 Å². The first-order valence-corrected chi connectivity index (χ1v) is 7.20. The average molecular weight is 284 g/mol. The number of aromatic nitrogens is 2. The predicted octanol–water partition coefficient (Wildman–Crippen LogP) is 4.36. The van der Waals surface area contributed by atoms with Crippen LogP contribution < -0.4 is 10.6 Å². The van der Waals surface area contributed by atoms with Crippen LogP contribution in [0.15, 0.2) is 24.5 Å². The van der Waals surface area contributed by atoms with Gasteiger partial charge in [0.25, 0.3) is 0 Å². The van der Waals surface area contributed by atoms with Gasteiger partial charge in [0.15, 0.2) is 0 Å². The molecule has 1 aromatic carbocycles. The van der Waals surface area contributed by atoms with Gasteiger partial charge in [0.1, 0.15) is 18.0 Å². The van der Waals surface area contributed by atoms with Crippen LogP contribution in [0.2, 0.25) is 0 Å². The molecule has 0 aliphatic rings. The van der Waals surface area contributed by atoms with Gasteiger partial charge in [0.05, 0.1) is 0 Å². The Morgan fingerprint density at radius 3 is 2.00 bits per heavy atom. The highest BCUT2D eigenvalue weighted by Crippen LogP contribution is 2.25. The minimum absolute atomic E-state index is 0.0265. The molecule has 0 amide bonds. The number of aryl methyl sites for hydroxylation is 3. The zero-order chi connectivity index (χ0) is 15.6. The summed E-state index contributed by atoms with van der Waals surface area (Å²) in [4.78, 5) is 8.57. The van der Waals surface area contributed by atoms with Crippen LogP contribution in [0, 0.1) is 20.8 Å². The molecule has 0 aliphatic carbocycles. The van der Waals surface area contributed by atoms with Gasteiger partial charge in [0.2, 0.25) is 0 Å². The van der Waals surface area contributed by atoms with E-state index in [-0.39, 0.29) is 5.54 Å². The fourth-order valence-corrected chi connectivity index (χ4v) is 2.38. The Morgan fingerprint density at radius 2 is 1.43 bits per heavy atom. The molecule has 1 aromatic heterocycles. The lowest BCUT2D eigenvalue weighted by Gasteiger charge is -2.21. The molecule has 0 atom stereocenters. The molecule has 1 heterocycles. The molecule has 21 heavy (non-hydrogen) atoms. The van der Waals surface area contributed by atoms with E-state index in [1.165, 1.54) is 16.7 Å². The molecule has 0 bridgehead atoms. The van der Waals surface area contributed by atoms with Gasteiger partial charge in [-0.1, -0.05) is 17.7 Å². The molecule has 0 aliphatic heterocycles. The fourth-order valence-electron chi connectivity index (χ4n) is 2.38. The lowest BCUT2D eigenvalue weighted by Crippen LogP contribution is -2.26. The predicted molar refractivity (Wildman–Crippen MR) is 89.3 cm³/mol. The molecular formula is C17H24N4. The number of rotatable bonds is 3. The molecule has 0 unspecified atom stereocenters. The fraction of sp³-hybridized carbons (Fsp3) is 0.412. The van der Waals surface area contributed by atoms with Crippen molar-refractivity contribution in [3.05, 3.63) is 41.2 Å². The third-order valence-corrected chi connectivity index (χ3v) is 3.10. The summed E-state index contributed by atoms with van der Waals surface area (Å²) < 4.78 is 0. The normalized spacial score (nSPS) is 11.3. The van der Waals surface area contributed by atoms with Crippen molar-refractivity contribution in [1.29, 1.82) is 0 Å². The third kappa shape index (κ3) is 4.18. The van der Waals surface area contributed by atoms with Gasteiger partial charge in [-0.3, -0.25) is 0 Å². The van der Waals surface area contributed by atoms with Gasteiger partial charge in [0, 0.05) is 17.3 Å². The van der Waals surface area contributed by atoms with Crippen LogP contribution in [-0.4, -0.2) is 15.5 Å². The minimum atomic E-state index is -0.0265. The van der Waals surface area contributed by atoms with E-state index in [0.717, 1.165) is 17.3 Å². The maximum Gasteiger partial charge on any atom is 0.135 e. The van der Waals surface area contributed by atoms with E-state index in [1.54, 1.807) is 6.33 Å². The van der Waals surface area contributed by atoms with E-state index < -0.39 is 0 Å². The molecule has 0 saturated heterocycles. The van der Waals surface area contributed by atoms with E-state index >= 15 is 0 Å². The average Bonchev–Trinajstić information content (AvgIpc) is 2.32. The monoisotopic (exact) mass is 284 g/mol. The first-order valence-electron chi connectivity index (χ1n) is 7.20. The van der Waals surface area contributed by atoms with Gasteiger partial charge in [-0.2, -0.15) is 0 Å². The largest absolute Gasteiger partial charge is 0.365 e. The quantitative estimate of drug-likeness (QED) is 0.879. The van der Waals surface area contributed by atoms with Gasteiger partial charge in [-0.25, -0.2) is 9.97 Å². The second-order valence-corrected chi connectivity index (χ2v) is 6.56. The molecule has 0 saturated carbocycles. The highest BCUT2D eigenvalue weighted by Gasteiger charge is 2.11. The van der Waals surface area contributed by atoms with E-state index in [2.05, 4.69) is 74.3 Å². The standard InChI is InChI=1S/C17H24N4/c1-11-7-12(2)16(13(3)8-11)20-14-9-15(19-10-18-14)21-17(4,5)6/h7-10H,1-6H3,(H2,18,19,20,21). The van der Waals surface area contributed by atoms with E-state index in [4.69, 9.17) is 0 Å². The Kier molecular flexibility index (Phi) is 4.16. The maximum atomic E-state index is 4.31. The Balaban J connectivity index is 2.27. The van der Waals surface area contributed by atoms with Gasteiger partial charge in [-0.05, 0) is 52.7 Å². The zero-order valence-electron chi connectivity index (χ0n) is 13.7. The molecule has 2 rings (SSSR count). The van der Waals surface area contributed by atoms with E-state index in [9.17, 15) is 0 Å². The van der Waals surface area contributed by atoms with Crippen LogP contribution in [0.1, 0.15) is 37.5 Å². The smallest absolute Gasteiger partial charge is 0.135 e. The van der Waals surface area contributed by atoms with Crippen molar-refractivity contribution in [2.75, 3.05) is 10.6 Å². The second-order valence-electron chi connectivity index (χ2n) is 6.56. The summed E-state index contributed by atoms with van der Waals surface area (Å²) in [5.74, 6) is 1.62. The summed E-state index contributed by atoms with van der Waals surface area (Å²) in [7, 11) is 0. The van der Waals surface area contributed by atoms with Crippen molar-refractivity contribution in [1.82, 2.24) is 9.97 Å². The number of nitrogens with one attached hydrogen (secondary N) is 2. The molecule has 112 valence electrons. The topological polar surface area (TPSA) is 49.8 Å². The molecule has 4 nitrogen and oxygen atoms in total. The van der Waals surface area contributed by atoms with Crippen LogP contribution in [0.3, 0.4) is 0 Å². The first-order chi connectivity index (χ1) is 9.74. The molecular weight excluding hydrogens is 260 g/mol. The first kappa shape index (κ1) is 15.3. The highest BCUT2D eigenvalue weighted by molar-refractivity contribution is 5.66. The Morgan fingerprint density at radius 1 is 0.857 bits per heavy atom. The number of nitrogens with zero attached hydrogens (tertiary/aromatic N) is 2.